The van der Waals surface area contributed by atoms with Gasteiger partial charge in [0.2, 0.25) is 5.91 Å². The number of rotatable bonds is 5. The van der Waals surface area contributed by atoms with Crippen LogP contribution >= 0.6 is 23.1 Å². The number of aromatic nitrogens is 1. The quantitative estimate of drug-likeness (QED) is 0.824. The van der Waals surface area contributed by atoms with Crippen LogP contribution in [0.4, 0.5) is 18.3 Å². The number of alkyl halides is 3. The van der Waals surface area contributed by atoms with Crippen molar-refractivity contribution in [2.45, 2.75) is 25.3 Å². The van der Waals surface area contributed by atoms with Crippen molar-refractivity contribution < 1.29 is 18.0 Å². The maximum absolute atomic E-state index is 12.7. The van der Waals surface area contributed by atoms with E-state index in [0.29, 0.717) is 27.4 Å². The van der Waals surface area contributed by atoms with Gasteiger partial charge in [-0.15, -0.1) is 23.1 Å². The van der Waals surface area contributed by atoms with Crippen molar-refractivity contribution in [3.8, 4) is 11.3 Å². The third-order valence-electron chi connectivity index (χ3n) is 2.78. The van der Waals surface area contributed by atoms with Crippen LogP contribution in [0.3, 0.4) is 0 Å². The molecule has 2 aromatic rings. The number of nitrogens with one attached hydrogen (secondary N) is 1. The van der Waals surface area contributed by atoms with E-state index >= 15 is 0 Å². The minimum atomic E-state index is -4.39. The van der Waals surface area contributed by atoms with E-state index in [1.807, 2.05) is 13.8 Å². The smallest absolute Gasteiger partial charge is 0.301 e. The molecule has 124 valence electrons. The number of carbonyl (C=O) groups excluding carboxylic acids is 1. The average molecular weight is 360 g/mol. The van der Waals surface area contributed by atoms with Crippen molar-refractivity contribution in [3.63, 3.8) is 0 Å². The fourth-order valence-electron chi connectivity index (χ4n) is 1.72. The highest BCUT2D eigenvalue weighted by molar-refractivity contribution is 8.00. The number of carbonyl (C=O) groups is 1. The van der Waals surface area contributed by atoms with E-state index in [0.717, 1.165) is 12.1 Å². The Bertz CT molecular complexity index is 683. The number of hydrogen-bond acceptors (Lipinski definition) is 4. The van der Waals surface area contributed by atoms with Crippen LogP contribution in [0.1, 0.15) is 19.4 Å². The summed E-state index contributed by atoms with van der Waals surface area (Å²) in [5.74, 6) is 0.143. The van der Waals surface area contributed by atoms with Crippen molar-refractivity contribution in [3.05, 3.63) is 35.2 Å². The molecule has 0 aliphatic heterocycles. The number of nitrogens with zero attached hydrogens (tertiary/aromatic N) is 1. The van der Waals surface area contributed by atoms with Gasteiger partial charge in [0.1, 0.15) is 0 Å². The summed E-state index contributed by atoms with van der Waals surface area (Å²) in [6, 6.07) is 4.97. The van der Waals surface area contributed by atoms with Gasteiger partial charge < -0.3 is 5.32 Å². The lowest BCUT2D eigenvalue weighted by Crippen LogP contribution is -2.15. The number of hydrogen-bond donors (Lipinski definition) is 1. The summed E-state index contributed by atoms with van der Waals surface area (Å²) in [6.07, 6.45) is -4.39. The number of thiazole rings is 1. The second-order valence-corrected chi connectivity index (χ2v) is 7.45. The molecule has 0 saturated heterocycles. The van der Waals surface area contributed by atoms with Gasteiger partial charge in [0.05, 0.1) is 17.0 Å². The Morgan fingerprint density at radius 2 is 2.13 bits per heavy atom. The number of amides is 1. The van der Waals surface area contributed by atoms with E-state index in [2.05, 4.69) is 10.3 Å². The maximum atomic E-state index is 12.7. The summed E-state index contributed by atoms with van der Waals surface area (Å²) < 4.78 is 38.2. The van der Waals surface area contributed by atoms with Crippen LogP contribution in [0, 0.1) is 0 Å². The Balaban J connectivity index is 2.09. The first kappa shape index (κ1) is 17.8. The van der Waals surface area contributed by atoms with Gasteiger partial charge in [-0.1, -0.05) is 26.0 Å². The van der Waals surface area contributed by atoms with Crippen LogP contribution in [0.5, 0.6) is 0 Å². The molecule has 1 N–H and O–H groups in total. The van der Waals surface area contributed by atoms with Crippen LogP contribution < -0.4 is 5.32 Å². The van der Waals surface area contributed by atoms with Gasteiger partial charge >= 0.3 is 6.18 Å². The highest BCUT2D eigenvalue weighted by Crippen LogP contribution is 2.33. The average Bonchev–Trinajstić information content (AvgIpc) is 2.93. The van der Waals surface area contributed by atoms with Crippen molar-refractivity contribution in [1.29, 1.82) is 0 Å². The van der Waals surface area contributed by atoms with Gasteiger partial charge in [0.15, 0.2) is 5.13 Å². The number of halogens is 3. The molecule has 3 nitrogen and oxygen atoms in total. The third kappa shape index (κ3) is 5.24. The van der Waals surface area contributed by atoms with Gasteiger partial charge in [-0.3, -0.25) is 4.79 Å². The molecule has 0 fully saturated rings. The van der Waals surface area contributed by atoms with E-state index in [-0.39, 0.29) is 5.91 Å². The zero-order valence-corrected chi connectivity index (χ0v) is 14.1. The fourth-order valence-corrected chi connectivity index (χ4v) is 3.01. The molecule has 0 atom stereocenters. The molecule has 0 aliphatic rings. The molecular weight excluding hydrogens is 345 g/mol. The highest BCUT2D eigenvalue weighted by atomic mass is 32.2. The number of thioether (sulfide) groups is 1. The largest absolute Gasteiger partial charge is 0.416 e. The van der Waals surface area contributed by atoms with Gasteiger partial charge in [-0.05, 0) is 17.4 Å². The molecule has 0 radical (unpaired) electrons. The summed E-state index contributed by atoms with van der Waals surface area (Å²) in [6.45, 7) is 3.99. The molecule has 0 unspecified atom stereocenters. The topological polar surface area (TPSA) is 42.0 Å². The molecule has 23 heavy (non-hydrogen) atoms. The Morgan fingerprint density at radius 3 is 2.78 bits per heavy atom. The predicted molar refractivity (Wildman–Crippen MR) is 88.8 cm³/mol. The molecule has 1 amide bonds. The lowest BCUT2D eigenvalue weighted by molar-refractivity contribution is -0.137. The monoisotopic (exact) mass is 360 g/mol. The standard InChI is InChI=1S/C15H15F3N2OS2/c1-9(2)22-8-13(21)20-14-19-12(7-23-14)10-4-3-5-11(6-10)15(16,17)18/h3-7,9H,8H2,1-2H3,(H,19,20,21). The van der Waals surface area contributed by atoms with Crippen LogP contribution in [-0.4, -0.2) is 21.9 Å². The minimum Gasteiger partial charge on any atom is -0.301 e. The lowest BCUT2D eigenvalue weighted by atomic mass is 10.1. The Morgan fingerprint density at radius 1 is 1.39 bits per heavy atom. The zero-order chi connectivity index (χ0) is 17.0. The first-order valence-electron chi connectivity index (χ1n) is 6.80. The second-order valence-electron chi connectivity index (χ2n) is 5.02. The van der Waals surface area contributed by atoms with E-state index in [1.165, 1.54) is 29.2 Å². The summed E-state index contributed by atoms with van der Waals surface area (Å²) in [5, 5.41) is 5.01. The highest BCUT2D eigenvalue weighted by Gasteiger charge is 2.30. The molecule has 1 heterocycles. The van der Waals surface area contributed by atoms with E-state index in [9.17, 15) is 18.0 Å². The first-order chi connectivity index (χ1) is 10.8. The molecule has 0 spiro atoms. The maximum Gasteiger partial charge on any atom is 0.416 e. The van der Waals surface area contributed by atoms with E-state index in [4.69, 9.17) is 0 Å². The molecule has 2 rings (SSSR count). The normalized spacial score (nSPS) is 11.7. The lowest BCUT2D eigenvalue weighted by Gasteiger charge is -2.07. The summed E-state index contributed by atoms with van der Waals surface area (Å²) >= 11 is 2.69. The molecule has 0 saturated carbocycles. The second kappa shape index (κ2) is 7.35. The number of benzene rings is 1. The molecular formula is C15H15F3N2OS2. The minimum absolute atomic E-state index is 0.173. The number of anilines is 1. The Kier molecular flexibility index (Phi) is 5.69. The fraction of sp³-hybridized carbons (Fsp3) is 0.333. The van der Waals surface area contributed by atoms with Crippen LogP contribution in [-0.2, 0) is 11.0 Å². The Labute approximate surface area is 140 Å². The van der Waals surface area contributed by atoms with Crippen LogP contribution in [0.15, 0.2) is 29.6 Å². The third-order valence-corrected chi connectivity index (χ3v) is 4.64. The zero-order valence-electron chi connectivity index (χ0n) is 12.5. The predicted octanol–water partition coefficient (Wildman–Crippen LogP) is 4.91. The van der Waals surface area contributed by atoms with Crippen molar-refractivity contribution in [2.75, 3.05) is 11.1 Å². The van der Waals surface area contributed by atoms with Gasteiger partial charge in [0, 0.05) is 10.9 Å². The van der Waals surface area contributed by atoms with Crippen molar-refractivity contribution >= 4 is 34.1 Å². The summed E-state index contributed by atoms with van der Waals surface area (Å²) in [4.78, 5) is 15.9. The van der Waals surface area contributed by atoms with E-state index in [1.54, 1.807) is 11.4 Å². The van der Waals surface area contributed by atoms with Gasteiger partial charge in [0.25, 0.3) is 0 Å². The van der Waals surface area contributed by atoms with E-state index < -0.39 is 11.7 Å². The van der Waals surface area contributed by atoms with Crippen LogP contribution in [0.2, 0.25) is 0 Å². The van der Waals surface area contributed by atoms with Crippen LogP contribution in [0.25, 0.3) is 11.3 Å². The molecule has 0 aliphatic carbocycles. The van der Waals surface area contributed by atoms with Crippen molar-refractivity contribution in [1.82, 2.24) is 4.98 Å². The molecule has 0 bridgehead atoms. The molecule has 8 heteroatoms. The Hall–Kier alpha value is -1.54. The SMILES string of the molecule is CC(C)SCC(=O)Nc1nc(-c2cccc(C(F)(F)F)c2)cs1. The van der Waals surface area contributed by atoms with Crippen molar-refractivity contribution in [2.24, 2.45) is 0 Å². The summed E-state index contributed by atoms with van der Waals surface area (Å²) in [7, 11) is 0. The molecule has 1 aromatic carbocycles. The summed E-state index contributed by atoms with van der Waals surface area (Å²) in [5.41, 5.74) is 0.0583. The van der Waals surface area contributed by atoms with Gasteiger partial charge in [-0.2, -0.15) is 13.2 Å². The molecule has 1 aromatic heterocycles. The van der Waals surface area contributed by atoms with Gasteiger partial charge in [-0.25, -0.2) is 4.98 Å². The first-order valence-corrected chi connectivity index (χ1v) is 8.73.